The highest BCUT2D eigenvalue weighted by Crippen LogP contribution is 2.28. The lowest BCUT2D eigenvalue weighted by molar-refractivity contribution is 0.101. The Balaban J connectivity index is 3.28. The molecule has 0 atom stereocenters. The van der Waals surface area contributed by atoms with Gasteiger partial charge in [-0.25, -0.2) is 0 Å². The Bertz CT molecular complexity index is 372. The second-order valence-corrected chi connectivity index (χ2v) is 3.81. The fraction of sp³-hybridized carbons (Fsp3) is 0.417. The number of halogens is 1. The summed E-state index contributed by atoms with van der Waals surface area (Å²) in [4.78, 5) is 11.2. The molecule has 0 heterocycles. The van der Waals surface area contributed by atoms with Gasteiger partial charge in [0.2, 0.25) is 0 Å². The Morgan fingerprint density at radius 1 is 1.47 bits per heavy atom. The van der Waals surface area contributed by atoms with Gasteiger partial charge in [0.25, 0.3) is 0 Å². The minimum Gasteiger partial charge on any atom is -0.507 e. The van der Waals surface area contributed by atoms with E-state index in [9.17, 15) is 9.90 Å². The SMILES string of the molecule is CCCc1c(CCl)ccc(C(C)=O)c1O. The van der Waals surface area contributed by atoms with Gasteiger partial charge in [-0.3, -0.25) is 4.79 Å². The molecule has 0 amide bonds. The maximum Gasteiger partial charge on any atom is 0.163 e. The predicted octanol–water partition coefficient (Wildman–Crippen LogP) is 3.29. The molecule has 0 radical (unpaired) electrons. The molecule has 82 valence electrons. The fourth-order valence-electron chi connectivity index (χ4n) is 1.62. The van der Waals surface area contributed by atoms with Crippen LogP contribution < -0.4 is 0 Å². The highest BCUT2D eigenvalue weighted by atomic mass is 35.5. The van der Waals surface area contributed by atoms with Gasteiger partial charge < -0.3 is 5.11 Å². The Labute approximate surface area is 94.9 Å². The van der Waals surface area contributed by atoms with Crippen LogP contribution in [0.5, 0.6) is 5.75 Å². The highest BCUT2D eigenvalue weighted by molar-refractivity contribution is 6.17. The Hall–Kier alpha value is -1.02. The summed E-state index contributed by atoms with van der Waals surface area (Å²) in [5, 5.41) is 9.92. The molecule has 0 aliphatic heterocycles. The van der Waals surface area contributed by atoms with Gasteiger partial charge in [0.05, 0.1) is 5.56 Å². The minimum absolute atomic E-state index is 0.0995. The number of ketones is 1. The molecule has 0 aliphatic carbocycles. The van der Waals surface area contributed by atoms with Crippen LogP contribution in [0.15, 0.2) is 12.1 Å². The molecule has 1 aromatic rings. The number of phenolic OH excluding ortho intramolecular Hbond substituents is 1. The topological polar surface area (TPSA) is 37.3 Å². The molecule has 3 heteroatoms. The number of carbonyl (C=O) groups is 1. The molecule has 0 aromatic heterocycles. The predicted molar refractivity (Wildman–Crippen MR) is 61.7 cm³/mol. The van der Waals surface area contributed by atoms with Gasteiger partial charge in [-0.1, -0.05) is 19.4 Å². The van der Waals surface area contributed by atoms with E-state index in [1.807, 2.05) is 13.0 Å². The highest BCUT2D eigenvalue weighted by Gasteiger charge is 2.13. The van der Waals surface area contributed by atoms with E-state index in [2.05, 4.69) is 0 Å². The summed E-state index contributed by atoms with van der Waals surface area (Å²) in [7, 11) is 0. The van der Waals surface area contributed by atoms with Crippen LogP contribution in [0.2, 0.25) is 0 Å². The number of Topliss-reactive ketones (excluding diaryl/α,β-unsaturated/α-hetero) is 1. The number of benzene rings is 1. The van der Waals surface area contributed by atoms with Gasteiger partial charge >= 0.3 is 0 Å². The molecule has 0 bridgehead atoms. The van der Waals surface area contributed by atoms with E-state index in [-0.39, 0.29) is 11.5 Å². The Kier molecular flexibility index (Phi) is 4.15. The first-order valence-corrected chi connectivity index (χ1v) is 5.55. The molecule has 0 unspecified atom stereocenters. The van der Waals surface area contributed by atoms with Crippen LogP contribution in [0.4, 0.5) is 0 Å². The van der Waals surface area contributed by atoms with E-state index in [4.69, 9.17) is 11.6 Å². The number of carbonyl (C=O) groups excluding carboxylic acids is 1. The maximum atomic E-state index is 11.2. The summed E-state index contributed by atoms with van der Waals surface area (Å²) in [5.41, 5.74) is 2.09. The Morgan fingerprint density at radius 3 is 2.60 bits per heavy atom. The first-order valence-electron chi connectivity index (χ1n) is 5.02. The number of rotatable bonds is 4. The number of aromatic hydroxyl groups is 1. The third-order valence-electron chi connectivity index (χ3n) is 2.40. The maximum absolute atomic E-state index is 11.2. The van der Waals surface area contributed by atoms with Crippen molar-refractivity contribution in [1.82, 2.24) is 0 Å². The molecule has 0 spiro atoms. The standard InChI is InChI=1S/C12H15ClO2/c1-3-4-11-9(7-13)5-6-10(8(2)14)12(11)15/h5-6,15H,3-4,7H2,1-2H3. The summed E-state index contributed by atoms with van der Waals surface area (Å²) in [6.07, 6.45) is 1.66. The molecule has 1 N–H and O–H groups in total. The van der Waals surface area contributed by atoms with E-state index in [1.165, 1.54) is 6.92 Å². The van der Waals surface area contributed by atoms with Crippen molar-refractivity contribution < 1.29 is 9.90 Å². The van der Waals surface area contributed by atoms with Crippen molar-refractivity contribution in [3.8, 4) is 5.75 Å². The molecule has 2 nitrogen and oxygen atoms in total. The van der Waals surface area contributed by atoms with Gasteiger partial charge in [0, 0.05) is 5.88 Å². The number of phenols is 1. The zero-order chi connectivity index (χ0) is 11.4. The molecule has 0 aliphatic rings. The van der Waals surface area contributed by atoms with E-state index >= 15 is 0 Å². The van der Waals surface area contributed by atoms with E-state index in [1.54, 1.807) is 6.07 Å². The average Bonchev–Trinajstić information content (AvgIpc) is 2.20. The second-order valence-electron chi connectivity index (χ2n) is 3.54. The largest absolute Gasteiger partial charge is 0.507 e. The van der Waals surface area contributed by atoms with Crippen LogP contribution in [0.25, 0.3) is 0 Å². The molecular formula is C12H15ClO2. The summed E-state index contributed by atoms with van der Waals surface area (Å²) in [5.74, 6) is 0.342. The van der Waals surface area contributed by atoms with Crippen molar-refractivity contribution in [2.75, 3.05) is 0 Å². The van der Waals surface area contributed by atoms with Crippen molar-refractivity contribution in [1.29, 1.82) is 0 Å². The number of hydrogen-bond acceptors (Lipinski definition) is 2. The molecule has 0 fully saturated rings. The number of alkyl halides is 1. The van der Waals surface area contributed by atoms with Gasteiger partial charge in [0.1, 0.15) is 5.75 Å². The first kappa shape index (κ1) is 12.1. The zero-order valence-electron chi connectivity index (χ0n) is 9.01. The molecule has 15 heavy (non-hydrogen) atoms. The normalized spacial score (nSPS) is 10.3. The van der Waals surface area contributed by atoms with Gasteiger partial charge in [-0.2, -0.15) is 0 Å². The van der Waals surface area contributed by atoms with E-state index in [0.717, 1.165) is 24.0 Å². The van der Waals surface area contributed by atoms with Gasteiger partial charge in [-0.15, -0.1) is 11.6 Å². The quantitative estimate of drug-likeness (QED) is 0.632. The molecule has 1 aromatic carbocycles. The van der Waals surface area contributed by atoms with Crippen LogP contribution >= 0.6 is 11.6 Å². The lowest BCUT2D eigenvalue weighted by atomic mass is 9.98. The summed E-state index contributed by atoms with van der Waals surface area (Å²) in [6.45, 7) is 3.48. The number of hydrogen-bond donors (Lipinski definition) is 1. The lowest BCUT2D eigenvalue weighted by Crippen LogP contribution is -1.99. The third kappa shape index (κ3) is 2.51. The van der Waals surface area contributed by atoms with Crippen molar-refractivity contribution in [3.05, 3.63) is 28.8 Å². The second kappa shape index (κ2) is 5.17. The summed E-state index contributed by atoms with van der Waals surface area (Å²) < 4.78 is 0. The van der Waals surface area contributed by atoms with Crippen molar-refractivity contribution in [2.45, 2.75) is 32.6 Å². The van der Waals surface area contributed by atoms with Crippen molar-refractivity contribution in [3.63, 3.8) is 0 Å². The lowest BCUT2D eigenvalue weighted by Gasteiger charge is -2.11. The zero-order valence-corrected chi connectivity index (χ0v) is 9.77. The minimum atomic E-state index is -0.119. The van der Waals surface area contributed by atoms with Gasteiger partial charge in [0.15, 0.2) is 5.78 Å². The smallest absolute Gasteiger partial charge is 0.163 e. The van der Waals surface area contributed by atoms with E-state index in [0.29, 0.717) is 11.4 Å². The van der Waals surface area contributed by atoms with Crippen LogP contribution in [0.3, 0.4) is 0 Å². The van der Waals surface area contributed by atoms with E-state index < -0.39 is 0 Å². The monoisotopic (exact) mass is 226 g/mol. The molecule has 1 rings (SSSR count). The van der Waals surface area contributed by atoms with Crippen LogP contribution in [-0.4, -0.2) is 10.9 Å². The average molecular weight is 227 g/mol. The molecular weight excluding hydrogens is 212 g/mol. The van der Waals surface area contributed by atoms with Crippen LogP contribution in [0.1, 0.15) is 41.8 Å². The summed E-state index contributed by atoms with van der Waals surface area (Å²) >= 11 is 5.78. The van der Waals surface area contributed by atoms with Crippen LogP contribution in [0, 0.1) is 0 Å². The third-order valence-corrected chi connectivity index (χ3v) is 2.69. The van der Waals surface area contributed by atoms with Crippen LogP contribution in [-0.2, 0) is 12.3 Å². The van der Waals surface area contributed by atoms with Crippen molar-refractivity contribution >= 4 is 17.4 Å². The molecule has 0 saturated heterocycles. The van der Waals surface area contributed by atoms with Crippen molar-refractivity contribution in [2.24, 2.45) is 0 Å². The first-order chi connectivity index (χ1) is 7.11. The molecule has 0 saturated carbocycles. The van der Waals surface area contributed by atoms with Gasteiger partial charge in [-0.05, 0) is 30.5 Å². The Morgan fingerprint density at radius 2 is 2.13 bits per heavy atom. The fourth-order valence-corrected chi connectivity index (χ4v) is 1.87. The summed E-state index contributed by atoms with van der Waals surface area (Å²) in [6, 6.07) is 3.45.